The number of aliphatic hydroxyl groups is 1. The Hall–Kier alpha value is -2.73. The number of rotatable bonds is 10. The van der Waals surface area contributed by atoms with E-state index in [0.717, 1.165) is 0 Å². The van der Waals surface area contributed by atoms with Crippen LogP contribution in [0.4, 0.5) is 0 Å². The number of nitrogens with two attached hydrogens (primary N) is 1. The van der Waals surface area contributed by atoms with Crippen molar-refractivity contribution in [2.75, 3.05) is 13.1 Å². The van der Waals surface area contributed by atoms with Crippen molar-refractivity contribution in [1.29, 1.82) is 0 Å². The van der Waals surface area contributed by atoms with Gasteiger partial charge in [0.05, 0.1) is 12.6 Å². The quantitative estimate of drug-likeness (QED) is 0.224. The summed E-state index contributed by atoms with van der Waals surface area (Å²) in [6.45, 7) is 1.00. The fraction of sp³-hybridized carbons (Fsp3) is 0.688. The second kappa shape index (κ2) is 10.6. The fourth-order valence-corrected chi connectivity index (χ4v) is 2.92. The van der Waals surface area contributed by atoms with Gasteiger partial charge in [-0.1, -0.05) is 0 Å². The van der Waals surface area contributed by atoms with Crippen LogP contribution in [0, 0.1) is 0 Å². The van der Waals surface area contributed by atoms with Crippen LogP contribution < -0.4 is 16.4 Å². The molecule has 4 unspecified atom stereocenters. The van der Waals surface area contributed by atoms with E-state index < -0.39 is 60.4 Å². The zero-order valence-electron chi connectivity index (χ0n) is 15.5. The molecule has 158 valence electrons. The molecule has 1 heterocycles. The van der Waals surface area contributed by atoms with Gasteiger partial charge in [-0.05, 0) is 26.2 Å². The Morgan fingerprint density at radius 2 is 1.82 bits per heavy atom. The molecule has 1 aliphatic rings. The minimum Gasteiger partial charge on any atom is -0.481 e. The van der Waals surface area contributed by atoms with E-state index in [-0.39, 0.29) is 25.8 Å². The van der Waals surface area contributed by atoms with Crippen LogP contribution in [0.15, 0.2) is 0 Å². The Bertz CT molecular complexity index is 624. The van der Waals surface area contributed by atoms with Gasteiger partial charge in [-0.2, -0.15) is 0 Å². The maximum Gasteiger partial charge on any atom is 0.328 e. The summed E-state index contributed by atoms with van der Waals surface area (Å²) >= 11 is 0. The molecular weight excluding hydrogens is 376 g/mol. The lowest BCUT2D eigenvalue weighted by molar-refractivity contribution is -0.147. The topological polar surface area (TPSA) is 199 Å². The highest BCUT2D eigenvalue weighted by atomic mass is 16.4. The molecule has 0 aromatic rings. The molecule has 7 N–H and O–H groups in total. The summed E-state index contributed by atoms with van der Waals surface area (Å²) in [5, 5.41) is 32.0. The predicted octanol–water partition coefficient (Wildman–Crippen LogP) is -2.76. The predicted molar refractivity (Wildman–Crippen MR) is 93.8 cm³/mol. The first-order valence-corrected chi connectivity index (χ1v) is 8.81. The van der Waals surface area contributed by atoms with Crippen LogP contribution in [0.2, 0.25) is 0 Å². The van der Waals surface area contributed by atoms with Gasteiger partial charge in [0.15, 0.2) is 6.04 Å². The number of hydrogen-bond donors (Lipinski definition) is 6. The molecule has 0 spiro atoms. The average molecular weight is 402 g/mol. The number of carbonyl (C=O) groups is 5. The standard InChI is InChI=1S/C16H26N4O8/c1-8(21)13(16(27)28)19-14(25)10-3-2-6-20(10)15(26)9(4-5-12(23)24)18-11(22)7-17/h8-10,13,21H,2-7,17H2,1H3,(H,18,22)(H,19,25)(H,23,24)(H,27,28). The normalized spacial score (nSPS) is 19.4. The maximum absolute atomic E-state index is 12.8. The lowest BCUT2D eigenvalue weighted by Gasteiger charge is -2.29. The van der Waals surface area contributed by atoms with Gasteiger partial charge >= 0.3 is 11.9 Å². The minimum atomic E-state index is -1.54. The number of hydrogen-bond acceptors (Lipinski definition) is 7. The summed E-state index contributed by atoms with van der Waals surface area (Å²) in [6.07, 6.45) is -1.18. The number of aliphatic carboxylic acids is 2. The van der Waals surface area contributed by atoms with E-state index in [0.29, 0.717) is 6.42 Å². The van der Waals surface area contributed by atoms with E-state index in [1.165, 1.54) is 11.8 Å². The summed E-state index contributed by atoms with van der Waals surface area (Å²) in [5.41, 5.74) is 5.22. The van der Waals surface area contributed by atoms with Crippen LogP contribution in [0.3, 0.4) is 0 Å². The molecule has 28 heavy (non-hydrogen) atoms. The Morgan fingerprint density at radius 3 is 2.32 bits per heavy atom. The molecule has 0 aliphatic carbocycles. The van der Waals surface area contributed by atoms with Crippen LogP contribution in [0.5, 0.6) is 0 Å². The molecule has 0 aromatic heterocycles. The lowest BCUT2D eigenvalue weighted by Crippen LogP contribution is -2.57. The van der Waals surface area contributed by atoms with Crippen molar-refractivity contribution >= 4 is 29.7 Å². The van der Waals surface area contributed by atoms with Crippen molar-refractivity contribution in [2.45, 2.75) is 56.8 Å². The molecule has 4 atom stereocenters. The van der Waals surface area contributed by atoms with E-state index in [2.05, 4.69) is 10.6 Å². The van der Waals surface area contributed by atoms with Crippen LogP contribution >= 0.6 is 0 Å². The third-order valence-corrected chi connectivity index (χ3v) is 4.35. The van der Waals surface area contributed by atoms with Crippen LogP contribution in [0.25, 0.3) is 0 Å². The van der Waals surface area contributed by atoms with Crippen LogP contribution in [-0.4, -0.2) is 87.2 Å². The highest BCUT2D eigenvalue weighted by molar-refractivity contribution is 5.94. The second-order valence-corrected chi connectivity index (χ2v) is 6.51. The highest BCUT2D eigenvalue weighted by Gasteiger charge is 2.39. The molecule has 1 aliphatic heterocycles. The van der Waals surface area contributed by atoms with E-state index >= 15 is 0 Å². The maximum atomic E-state index is 12.8. The molecule has 0 saturated carbocycles. The smallest absolute Gasteiger partial charge is 0.328 e. The van der Waals surface area contributed by atoms with E-state index in [4.69, 9.17) is 15.9 Å². The Labute approximate surface area is 161 Å². The number of aliphatic hydroxyl groups excluding tert-OH is 1. The number of carbonyl (C=O) groups excluding carboxylic acids is 3. The molecule has 0 bridgehead atoms. The third kappa shape index (κ3) is 6.46. The first-order valence-electron chi connectivity index (χ1n) is 8.81. The SMILES string of the molecule is CC(O)C(NC(=O)C1CCCN1C(=O)C(CCC(=O)O)NC(=O)CN)C(=O)O. The van der Waals surface area contributed by atoms with E-state index in [9.17, 15) is 29.1 Å². The van der Waals surface area contributed by atoms with Crippen molar-refractivity contribution in [3.05, 3.63) is 0 Å². The highest BCUT2D eigenvalue weighted by Crippen LogP contribution is 2.20. The minimum absolute atomic E-state index is 0.184. The molecule has 0 aromatic carbocycles. The van der Waals surface area contributed by atoms with Gasteiger partial charge in [-0.25, -0.2) is 4.79 Å². The second-order valence-electron chi connectivity index (χ2n) is 6.51. The summed E-state index contributed by atoms with van der Waals surface area (Å²) in [6, 6.07) is -3.70. The van der Waals surface area contributed by atoms with Gasteiger partial charge in [0.25, 0.3) is 0 Å². The molecule has 3 amide bonds. The Balaban J connectivity index is 2.92. The molecule has 0 radical (unpaired) electrons. The van der Waals surface area contributed by atoms with E-state index in [1.54, 1.807) is 0 Å². The van der Waals surface area contributed by atoms with E-state index in [1.807, 2.05) is 0 Å². The first-order chi connectivity index (χ1) is 13.1. The molecule has 1 saturated heterocycles. The number of carboxylic acid groups (broad SMARTS) is 2. The summed E-state index contributed by atoms with van der Waals surface area (Å²) in [5.74, 6) is -4.62. The van der Waals surface area contributed by atoms with Crippen LogP contribution in [0.1, 0.15) is 32.6 Å². The average Bonchev–Trinajstić information content (AvgIpc) is 3.11. The van der Waals surface area contributed by atoms with Gasteiger partial charge in [-0.15, -0.1) is 0 Å². The summed E-state index contributed by atoms with van der Waals surface area (Å²) < 4.78 is 0. The van der Waals surface area contributed by atoms with Gasteiger partial charge in [0.2, 0.25) is 17.7 Å². The molecule has 12 nitrogen and oxygen atoms in total. The van der Waals surface area contributed by atoms with Gasteiger partial charge < -0.3 is 36.6 Å². The van der Waals surface area contributed by atoms with Gasteiger partial charge in [0.1, 0.15) is 12.1 Å². The number of carboxylic acids is 2. The van der Waals surface area contributed by atoms with Crippen molar-refractivity contribution < 1.29 is 39.3 Å². The summed E-state index contributed by atoms with van der Waals surface area (Å²) in [7, 11) is 0. The largest absolute Gasteiger partial charge is 0.481 e. The first kappa shape index (κ1) is 23.3. The zero-order chi connectivity index (χ0) is 21.4. The van der Waals surface area contributed by atoms with Crippen molar-refractivity contribution in [1.82, 2.24) is 15.5 Å². The Kier molecular flexibility index (Phi) is 8.79. The molecule has 1 fully saturated rings. The monoisotopic (exact) mass is 402 g/mol. The number of nitrogens with zero attached hydrogens (tertiary/aromatic N) is 1. The van der Waals surface area contributed by atoms with Gasteiger partial charge in [0, 0.05) is 13.0 Å². The zero-order valence-corrected chi connectivity index (χ0v) is 15.5. The third-order valence-electron chi connectivity index (χ3n) is 4.35. The van der Waals surface area contributed by atoms with Crippen molar-refractivity contribution in [2.24, 2.45) is 5.73 Å². The number of amides is 3. The van der Waals surface area contributed by atoms with Gasteiger partial charge in [-0.3, -0.25) is 19.2 Å². The Morgan fingerprint density at radius 1 is 1.18 bits per heavy atom. The van der Waals surface area contributed by atoms with Crippen molar-refractivity contribution in [3.63, 3.8) is 0 Å². The van der Waals surface area contributed by atoms with Crippen molar-refractivity contribution in [3.8, 4) is 0 Å². The number of likely N-dealkylation sites (tertiary alicyclic amines) is 1. The lowest BCUT2D eigenvalue weighted by atomic mass is 10.1. The molecule has 1 rings (SSSR count). The summed E-state index contributed by atoms with van der Waals surface area (Å²) in [4.78, 5) is 60.0. The molecule has 12 heteroatoms. The number of nitrogens with one attached hydrogen (secondary N) is 2. The molecular formula is C16H26N4O8. The van der Waals surface area contributed by atoms with Crippen LogP contribution in [-0.2, 0) is 24.0 Å². The fourth-order valence-electron chi connectivity index (χ4n) is 2.92.